The van der Waals surface area contributed by atoms with Crippen LogP contribution in [0.15, 0.2) is 0 Å². The van der Waals surface area contributed by atoms with Crippen LogP contribution < -0.4 is 5.32 Å². The van der Waals surface area contributed by atoms with E-state index in [1.165, 1.54) is 0 Å². The van der Waals surface area contributed by atoms with E-state index in [-0.39, 0.29) is 23.6 Å². The first-order valence-corrected chi connectivity index (χ1v) is 6.78. The number of likely N-dealkylation sites (N-methyl/N-ethyl adjacent to an activating group) is 1. The largest absolute Gasteiger partial charge is 0.441 e. The highest BCUT2D eigenvalue weighted by Crippen LogP contribution is 2.29. The van der Waals surface area contributed by atoms with Crippen molar-refractivity contribution in [1.82, 2.24) is 10.2 Å². The monoisotopic (exact) mass is 272 g/mol. The summed E-state index contributed by atoms with van der Waals surface area (Å²) in [6, 6.07) is 0.263. The van der Waals surface area contributed by atoms with Gasteiger partial charge in [-0.1, -0.05) is 13.8 Å². The Morgan fingerprint density at radius 3 is 2.24 bits per heavy atom. The minimum atomic E-state index is -4.11. The van der Waals surface area contributed by atoms with Crippen LogP contribution in [0.5, 0.6) is 0 Å². The normalized spacial score (nSPS) is 14.6. The highest BCUT2D eigenvalue weighted by molar-refractivity contribution is 8.00. The van der Waals surface area contributed by atoms with E-state index in [0.717, 1.165) is 13.0 Å². The van der Waals surface area contributed by atoms with Gasteiger partial charge in [0, 0.05) is 24.9 Å². The second-order valence-corrected chi connectivity index (χ2v) is 6.00. The summed E-state index contributed by atoms with van der Waals surface area (Å²) in [5.41, 5.74) is -4.11. The van der Waals surface area contributed by atoms with E-state index >= 15 is 0 Å². The Morgan fingerprint density at radius 1 is 1.24 bits per heavy atom. The Bertz CT molecular complexity index is 186. The molecule has 0 radical (unpaired) electrons. The van der Waals surface area contributed by atoms with E-state index in [1.807, 2.05) is 14.1 Å². The fourth-order valence-electron chi connectivity index (χ4n) is 1.66. The van der Waals surface area contributed by atoms with Gasteiger partial charge in [-0.05, 0) is 38.2 Å². The molecule has 17 heavy (non-hydrogen) atoms. The predicted octanol–water partition coefficient (Wildman–Crippen LogP) is 2.81. The quantitative estimate of drug-likeness (QED) is 0.684. The third-order valence-electron chi connectivity index (χ3n) is 2.14. The van der Waals surface area contributed by atoms with Gasteiger partial charge in [-0.15, -0.1) is 0 Å². The van der Waals surface area contributed by atoms with Gasteiger partial charge in [0.15, 0.2) is 0 Å². The van der Waals surface area contributed by atoms with E-state index in [4.69, 9.17) is 0 Å². The van der Waals surface area contributed by atoms with Crippen molar-refractivity contribution < 1.29 is 13.2 Å². The number of nitrogens with zero attached hydrogens (tertiary/aromatic N) is 1. The Hall–Kier alpha value is 0.0600. The molecule has 0 aliphatic rings. The van der Waals surface area contributed by atoms with Gasteiger partial charge in [0.1, 0.15) is 0 Å². The van der Waals surface area contributed by atoms with Crippen molar-refractivity contribution >= 4 is 11.8 Å². The zero-order valence-corrected chi connectivity index (χ0v) is 11.8. The molecule has 6 heteroatoms. The second-order valence-electron chi connectivity index (χ2n) is 4.84. The van der Waals surface area contributed by atoms with Gasteiger partial charge in [-0.2, -0.15) is 13.2 Å². The molecule has 0 heterocycles. The van der Waals surface area contributed by atoms with Crippen molar-refractivity contribution in [3.63, 3.8) is 0 Å². The molecule has 0 aliphatic heterocycles. The first-order chi connectivity index (χ1) is 7.70. The lowest BCUT2D eigenvalue weighted by Gasteiger charge is -2.24. The first kappa shape index (κ1) is 17.1. The van der Waals surface area contributed by atoms with E-state index < -0.39 is 5.51 Å². The maximum Gasteiger partial charge on any atom is 0.441 e. The van der Waals surface area contributed by atoms with Crippen LogP contribution in [0, 0.1) is 5.92 Å². The van der Waals surface area contributed by atoms with Gasteiger partial charge < -0.3 is 10.2 Å². The smallest absolute Gasteiger partial charge is 0.312 e. The van der Waals surface area contributed by atoms with Crippen LogP contribution in [0.2, 0.25) is 0 Å². The lowest BCUT2D eigenvalue weighted by molar-refractivity contribution is -0.0327. The number of rotatable bonds is 8. The molecule has 0 rings (SSSR count). The Balaban J connectivity index is 3.83. The predicted molar refractivity (Wildman–Crippen MR) is 68.3 cm³/mol. The summed E-state index contributed by atoms with van der Waals surface area (Å²) in [5.74, 6) is 0.619. The molecule has 0 aromatic rings. The van der Waals surface area contributed by atoms with Crippen molar-refractivity contribution in [2.45, 2.75) is 31.8 Å². The van der Waals surface area contributed by atoms with Crippen LogP contribution in [-0.4, -0.2) is 49.4 Å². The van der Waals surface area contributed by atoms with Gasteiger partial charge in [0.05, 0.1) is 0 Å². The summed E-state index contributed by atoms with van der Waals surface area (Å²) in [6.45, 7) is 5.49. The van der Waals surface area contributed by atoms with E-state index in [0.29, 0.717) is 12.5 Å². The number of hydrogen-bond donors (Lipinski definition) is 1. The number of nitrogens with one attached hydrogen (secondary N) is 1. The fraction of sp³-hybridized carbons (Fsp3) is 1.00. The summed E-state index contributed by atoms with van der Waals surface area (Å²) >= 11 is 0.0372. The highest BCUT2D eigenvalue weighted by atomic mass is 32.2. The summed E-state index contributed by atoms with van der Waals surface area (Å²) in [6.07, 6.45) is 0.981. The first-order valence-electron chi connectivity index (χ1n) is 5.79. The van der Waals surface area contributed by atoms with Crippen LogP contribution in [0.4, 0.5) is 13.2 Å². The Morgan fingerprint density at radius 2 is 1.82 bits per heavy atom. The average molecular weight is 272 g/mol. The number of halogens is 3. The average Bonchev–Trinajstić information content (AvgIpc) is 2.08. The standard InChI is InChI=1S/C11H23F3N2S/c1-9(2)7-10(8-16(3)4)15-5-6-17-11(12,13)14/h9-10,15H,5-8H2,1-4H3. The van der Waals surface area contributed by atoms with E-state index in [9.17, 15) is 13.2 Å². The fourth-order valence-corrected chi connectivity index (χ4v) is 2.11. The highest BCUT2D eigenvalue weighted by Gasteiger charge is 2.27. The van der Waals surface area contributed by atoms with E-state index in [2.05, 4.69) is 24.1 Å². The molecular weight excluding hydrogens is 249 g/mol. The van der Waals surface area contributed by atoms with Gasteiger partial charge in [0.25, 0.3) is 0 Å². The number of alkyl halides is 3. The molecule has 0 saturated heterocycles. The molecule has 1 atom stereocenters. The van der Waals surface area contributed by atoms with Crippen molar-refractivity contribution in [3.05, 3.63) is 0 Å². The van der Waals surface area contributed by atoms with Crippen LogP contribution in [-0.2, 0) is 0 Å². The molecule has 0 fully saturated rings. The zero-order chi connectivity index (χ0) is 13.5. The van der Waals surface area contributed by atoms with Gasteiger partial charge in [0.2, 0.25) is 0 Å². The van der Waals surface area contributed by atoms with Crippen LogP contribution in [0.3, 0.4) is 0 Å². The van der Waals surface area contributed by atoms with Crippen molar-refractivity contribution in [3.8, 4) is 0 Å². The van der Waals surface area contributed by atoms with E-state index in [1.54, 1.807) is 0 Å². The molecule has 0 saturated carbocycles. The summed E-state index contributed by atoms with van der Waals surface area (Å²) < 4.78 is 35.8. The molecule has 0 bridgehead atoms. The molecule has 1 unspecified atom stereocenters. The second kappa shape index (κ2) is 8.21. The van der Waals surface area contributed by atoms with Gasteiger partial charge in [-0.3, -0.25) is 0 Å². The maximum absolute atomic E-state index is 11.9. The van der Waals surface area contributed by atoms with Crippen LogP contribution >= 0.6 is 11.8 Å². The topological polar surface area (TPSA) is 15.3 Å². The Kier molecular flexibility index (Phi) is 8.24. The lowest BCUT2D eigenvalue weighted by Crippen LogP contribution is -2.40. The SMILES string of the molecule is CC(C)CC(CN(C)C)NCCSC(F)(F)F. The maximum atomic E-state index is 11.9. The van der Waals surface area contributed by atoms with Gasteiger partial charge in [-0.25, -0.2) is 0 Å². The van der Waals surface area contributed by atoms with Crippen LogP contribution in [0.25, 0.3) is 0 Å². The minimum Gasteiger partial charge on any atom is -0.312 e. The number of thioether (sulfide) groups is 1. The zero-order valence-electron chi connectivity index (χ0n) is 11.0. The molecule has 0 aromatic carbocycles. The molecule has 104 valence electrons. The molecule has 2 nitrogen and oxygen atoms in total. The molecule has 0 aromatic heterocycles. The minimum absolute atomic E-state index is 0.0372. The molecule has 1 N–H and O–H groups in total. The molecule has 0 spiro atoms. The third-order valence-corrected chi connectivity index (χ3v) is 2.88. The van der Waals surface area contributed by atoms with Crippen molar-refractivity contribution in [2.75, 3.05) is 32.9 Å². The Labute approximate surface area is 106 Å². The van der Waals surface area contributed by atoms with Crippen LogP contribution in [0.1, 0.15) is 20.3 Å². The van der Waals surface area contributed by atoms with Crippen molar-refractivity contribution in [1.29, 1.82) is 0 Å². The summed E-state index contributed by atoms with van der Waals surface area (Å²) in [4.78, 5) is 2.05. The number of hydrogen-bond acceptors (Lipinski definition) is 3. The lowest BCUT2D eigenvalue weighted by atomic mass is 10.0. The third kappa shape index (κ3) is 12.3. The summed E-state index contributed by atoms with van der Waals surface area (Å²) in [5, 5.41) is 3.19. The molecule has 0 aliphatic carbocycles. The molecule has 0 amide bonds. The molecular formula is C11H23F3N2S. The summed E-state index contributed by atoms with van der Waals surface area (Å²) in [7, 11) is 3.94. The van der Waals surface area contributed by atoms with Crippen molar-refractivity contribution in [2.24, 2.45) is 5.92 Å². The van der Waals surface area contributed by atoms with Gasteiger partial charge >= 0.3 is 5.51 Å².